The van der Waals surface area contributed by atoms with Gasteiger partial charge in [-0.2, -0.15) is 0 Å². The number of piperazine rings is 1. The highest BCUT2D eigenvalue weighted by Gasteiger charge is 2.50. The lowest BCUT2D eigenvalue weighted by Gasteiger charge is -2.44. The van der Waals surface area contributed by atoms with Crippen molar-refractivity contribution in [2.24, 2.45) is 0 Å². The van der Waals surface area contributed by atoms with Gasteiger partial charge in [0, 0.05) is 31.1 Å². The first-order valence-electron chi connectivity index (χ1n) is 9.71. The second kappa shape index (κ2) is 7.09. The van der Waals surface area contributed by atoms with Crippen molar-refractivity contribution >= 4 is 23.0 Å². The van der Waals surface area contributed by atoms with Crippen LogP contribution in [0.5, 0.6) is 5.75 Å². The number of fused-ring (bicyclic) bond motifs is 2. The highest BCUT2D eigenvalue weighted by atomic mass is 16.6. The number of hydrogen-bond acceptors (Lipinski definition) is 6. The Morgan fingerprint density at radius 2 is 2.07 bits per heavy atom. The van der Waals surface area contributed by atoms with Crippen LogP contribution in [-0.2, 0) is 16.0 Å². The lowest BCUT2D eigenvalue weighted by Crippen LogP contribution is -2.62. The highest BCUT2D eigenvalue weighted by Crippen LogP contribution is 2.32. The SMILES string of the molecule is CCC12COC(=O)N1CCN(C(=O)Cc1c(C)c3ccc(OC)cc3oc1=O)C2. The van der Waals surface area contributed by atoms with E-state index in [-0.39, 0.29) is 25.0 Å². The van der Waals surface area contributed by atoms with Crippen LogP contribution in [0.3, 0.4) is 0 Å². The van der Waals surface area contributed by atoms with Crippen molar-refractivity contribution in [2.75, 3.05) is 33.4 Å². The Labute approximate surface area is 168 Å². The molecule has 2 aliphatic heterocycles. The van der Waals surface area contributed by atoms with E-state index in [0.29, 0.717) is 43.0 Å². The molecule has 1 aromatic carbocycles. The number of hydrogen-bond donors (Lipinski definition) is 0. The Bertz CT molecular complexity index is 1050. The molecule has 0 saturated carbocycles. The minimum absolute atomic E-state index is 0.0370. The molecule has 0 radical (unpaired) electrons. The predicted octanol–water partition coefficient (Wildman–Crippen LogP) is 2.10. The number of carbonyl (C=O) groups excluding carboxylic acids is 2. The fourth-order valence-corrected chi connectivity index (χ4v) is 4.25. The third-order valence-corrected chi connectivity index (χ3v) is 6.17. The van der Waals surface area contributed by atoms with Gasteiger partial charge < -0.3 is 18.8 Å². The van der Waals surface area contributed by atoms with Crippen molar-refractivity contribution in [3.63, 3.8) is 0 Å². The maximum absolute atomic E-state index is 13.0. The number of amides is 2. The summed E-state index contributed by atoms with van der Waals surface area (Å²) in [5.74, 6) is 0.444. The van der Waals surface area contributed by atoms with Crippen molar-refractivity contribution in [1.29, 1.82) is 0 Å². The molecular weight excluding hydrogens is 376 g/mol. The van der Waals surface area contributed by atoms with Crippen LogP contribution < -0.4 is 10.4 Å². The molecule has 2 saturated heterocycles. The Hall–Kier alpha value is -3.03. The van der Waals surface area contributed by atoms with E-state index >= 15 is 0 Å². The molecule has 154 valence electrons. The van der Waals surface area contributed by atoms with E-state index in [0.717, 1.165) is 10.9 Å². The number of nitrogens with zero attached hydrogens (tertiary/aromatic N) is 2. The Morgan fingerprint density at radius 1 is 1.28 bits per heavy atom. The summed E-state index contributed by atoms with van der Waals surface area (Å²) in [4.78, 5) is 41.0. The van der Waals surface area contributed by atoms with Gasteiger partial charge in [0.1, 0.15) is 17.9 Å². The molecule has 8 nitrogen and oxygen atoms in total. The van der Waals surface area contributed by atoms with Crippen molar-refractivity contribution in [1.82, 2.24) is 9.80 Å². The van der Waals surface area contributed by atoms with Gasteiger partial charge >= 0.3 is 11.7 Å². The topological polar surface area (TPSA) is 89.3 Å². The third kappa shape index (κ3) is 3.12. The molecule has 2 amide bonds. The third-order valence-electron chi connectivity index (χ3n) is 6.17. The molecule has 8 heteroatoms. The number of carbonyl (C=O) groups is 2. The minimum atomic E-state index is -0.514. The fraction of sp³-hybridized carbons (Fsp3) is 0.476. The average Bonchev–Trinajstić information content (AvgIpc) is 3.07. The van der Waals surface area contributed by atoms with Crippen LogP contribution in [0.1, 0.15) is 24.5 Å². The van der Waals surface area contributed by atoms with Gasteiger partial charge in [0.25, 0.3) is 0 Å². The first-order chi connectivity index (χ1) is 13.9. The maximum Gasteiger partial charge on any atom is 0.410 e. The van der Waals surface area contributed by atoms with E-state index in [4.69, 9.17) is 13.9 Å². The highest BCUT2D eigenvalue weighted by molar-refractivity contribution is 5.85. The molecule has 2 aromatic rings. The second-order valence-electron chi connectivity index (χ2n) is 7.63. The van der Waals surface area contributed by atoms with Gasteiger partial charge in [-0.1, -0.05) is 6.92 Å². The fourth-order valence-electron chi connectivity index (χ4n) is 4.25. The maximum atomic E-state index is 13.0. The summed E-state index contributed by atoms with van der Waals surface area (Å²) in [7, 11) is 1.55. The van der Waals surface area contributed by atoms with Gasteiger partial charge in [-0.05, 0) is 31.0 Å². The normalized spacial score (nSPS) is 21.3. The molecule has 2 aliphatic rings. The van der Waals surface area contributed by atoms with Gasteiger partial charge in [-0.3, -0.25) is 9.69 Å². The number of methoxy groups -OCH3 is 1. The molecule has 4 rings (SSSR count). The summed E-state index contributed by atoms with van der Waals surface area (Å²) in [5, 5.41) is 0.776. The summed E-state index contributed by atoms with van der Waals surface area (Å²) < 4.78 is 15.8. The molecule has 3 heterocycles. The molecule has 0 aliphatic carbocycles. The van der Waals surface area contributed by atoms with E-state index in [2.05, 4.69) is 0 Å². The molecule has 1 unspecified atom stereocenters. The van der Waals surface area contributed by atoms with Gasteiger partial charge in [0.2, 0.25) is 5.91 Å². The monoisotopic (exact) mass is 400 g/mol. The number of cyclic esters (lactones) is 1. The van der Waals surface area contributed by atoms with E-state index in [1.54, 1.807) is 29.0 Å². The van der Waals surface area contributed by atoms with Crippen LogP contribution in [0.2, 0.25) is 0 Å². The first kappa shape index (κ1) is 19.3. The Morgan fingerprint density at radius 3 is 2.79 bits per heavy atom. The molecule has 29 heavy (non-hydrogen) atoms. The molecule has 1 aromatic heterocycles. The van der Waals surface area contributed by atoms with Crippen LogP contribution in [-0.4, -0.2) is 60.7 Å². The lowest BCUT2D eigenvalue weighted by atomic mass is 9.92. The largest absolute Gasteiger partial charge is 0.497 e. The van der Waals surface area contributed by atoms with Crippen LogP contribution in [0.4, 0.5) is 4.79 Å². The summed E-state index contributed by atoms with van der Waals surface area (Å²) in [6.07, 6.45) is 0.340. The van der Waals surface area contributed by atoms with Crippen molar-refractivity contribution < 1.29 is 23.5 Å². The molecule has 2 fully saturated rings. The quantitative estimate of drug-likeness (QED) is 0.730. The molecule has 0 bridgehead atoms. The zero-order chi connectivity index (χ0) is 20.8. The van der Waals surface area contributed by atoms with Gasteiger partial charge in [0.05, 0.1) is 24.6 Å². The molecule has 0 N–H and O–H groups in total. The zero-order valence-corrected chi connectivity index (χ0v) is 16.8. The molecular formula is C21H24N2O6. The van der Waals surface area contributed by atoms with Crippen molar-refractivity contribution in [3.8, 4) is 5.75 Å². The lowest BCUT2D eigenvalue weighted by molar-refractivity contribution is -0.134. The number of ether oxygens (including phenoxy) is 2. The number of aryl methyl sites for hydroxylation is 1. The Balaban J connectivity index is 1.59. The summed E-state index contributed by atoms with van der Waals surface area (Å²) >= 11 is 0. The summed E-state index contributed by atoms with van der Waals surface area (Å²) in [6, 6.07) is 5.28. The van der Waals surface area contributed by atoms with Crippen LogP contribution in [0.25, 0.3) is 11.0 Å². The van der Waals surface area contributed by atoms with Crippen molar-refractivity contribution in [3.05, 3.63) is 39.7 Å². The predicted molar refractivity (Wildman–Crippen MR) is 105 cm³/mol. The van der Waals surface area contributed by atoms with Crippen LogP contribution in [0.15, 0.2) is 27.4 Å². The van der Waals surface area contributed by atoms with Crippen molar-refractivity contribution in [2.45, 2.75) is 32.2 Å². The summed E-state index contributed by atoms with van der Waals surface area (Å²) in [6.45, 7) is 5.35. The van der Waals surface area contributed by atoms with Gasteiger partial charge in [0.15, 0.2) is 0 Å². The van der Waals surface area contributed by atoms with Crippen LogP contribution >= 0.6 is 0 Å². The smallest absolute Gasteiger partial charge is 0.410 e. The van der Waals surface area contributed by atoms with E-state index in [1.807, 2.05) is 19.9 Å². The molecule has 1 atom stereocenters. The molecule has 0 spiro atoms. The van der Waals surface area contributed by atoms with Gasteiger partial charge in [-0.25, -0.2) is 9.59 Å². The standard InChI is InChI=1S/C21H24N2O6/c1-4-21-11-22(7-8-23(21)20(26)28-12-21)18(24)10-16-13(2)15-6-5-14(27-3)9-17(15)29-19(16)25/h5-6,9H,4,7-8,10-12H2,1-3H3. The average molecular weight is 400 g/mol. The minimum Gasteiger partial charge on any atom is -0.497 e. The summed E-state index contributed by atoms with van der Waals surface area (Å²) in [5.41, 5.74) is 0.530. The van der Waals surface area contributed by atoms with Crippen LogP contribution in [0, 0.1) is 6.92 Å². The Kier molecular flexibility index (Phi) is 4.72. The number of rotatable bonds is 4. The van der Waals surface area contributed by atoms with E-state index in [9.17, 15) is 14.4 Å². The first-order valence-corrected chi connectivity index (χ1v) is 9.71. The zero-order valence-electron chi connectivity index (χ0n) is 16.8. The number of benzene rings is 1. The second-order valence-corrected chi connectivity index (χ2v) is 7.63. The van der Waals surface area contributed by atoms with E-state index < -0.39 is 11.2 Å². The van der Waals surface area contributed by atoms with E-state index in [1.165, 1.54) is 0 Å². The van der Waals surface area contributed by atoms with Gasteiger partial charge in [-0.15, -0.1) is 0 Å².